The first kappa shape index (κ1) is 24.1. The molecule has 2 saturated heterocycles. The van der Waals surface area contributed by atoms with Gasteiger partial charge in [0, 0.05) is 62.0 Å². The van der Waals surface area contributed by atoms with Crippen LogP contribution in [0.4, 0.5) is 11.8 Å². The third-order valence-corrected chi connectivity index (χ3v) is 7.72. The summed E-state index contributed by atoms with van der Waals surface area (Å²) in [5.74, 6) is 1.40. The van der Waals surface area contributed by atoms with E-state index in [0.717, 1.165) is 80.1 Å². The molecule has 3 aliphatic heterocycles. The van der Waals surface area contributed by atoms with Crippen molar-refractivity contribution in [1.29, 1.82) is 0 Å². The molecule has 194 valence electrons. The Hall–Kier alpha value is -3.30. The van der Waals surface area contributed by atoms with Crippen LogP contribution in [-0.4, -0.2) is 82.1 Å². The van der Waals surface area contributed by atoms with Gasteiger partial charge in [-0.2, -0.15) is 4.98 Å². The average Bonchev–Trinajstić information content (AvgIpc) is 3.52. The SMILES string of the molecule is CC(C)N1Cc2c(NCc3cnc4ccccc4c3)nc(N3CCCC3CN3CCOCC3)nc2C1=O. The molecule has 6 rings (SSSR count). The second-order valence-electron chi connectivity index (χ2n) is 10.5. The van der Waals surface area contributed by atoms with E-state index in [2.05, 4.69) is 32.2 Å². The van der Waals surface area contributed by atoms with Crippen LogP contribution in [0.3, 0.4) is 0 Å². The number of morpholine rings is 1. The van der Waals surface area contributed by atoms with Gasteiger partial charge in [0.15, 0.2) is 0 Å². The van der Waals surface area contributed by atoms with Crippen LogP contribution >= 0.6 is 0 Å². The molecule has 1 N–H and O–H groups in total. The summed E-state index contributed by atoms with van der Waals surface area (Å²) in [5.41, 5.74) is 3.48. The standard InChI is InChI=1S/C28H35N7O2/c1-19(2)35-18-23-25(27(35)36)31-28(34-9-5-7-22(34)17-33-10-12-37-13-11-33)32-26(23)30-16-20-14-21-6-3-4-8-24(21)29-15-20/h3-4,6,8,14-15,19,22H,5,7,9-13,16-18H2,1-2H3,(H,30,31,32). The van der Waals surface area contributed by atoms with E-state index in [4.69, 9.17) is 14.7 Å². The topological polar surface area (TPSA) is 86.7 Å². The van der Waals surface area contributed by atoms with Crippen molar-refractivity contribution in [2.75, 3.05) is 49.6 Å². The Balaban J connectivity index is 1.29. The second-order valence-corrected chi connectivity index (χ2v) is 10.5. The molecule has 0 radical (unpaired) electrons. The zero-order valence-electron chi connectivity index (χ0n) is 21.7. The molecule has 2 fully saturated rings. The minimum absolute atomic E-state index is 0.00648. The number of para-hydroxylation sites is 1. The molecular weight excluding hydrogens is 466 g/mol. The first-order valence-electron chi connectivity index (χ1n) is 13.4. The summed E-state index contributed by atoms with van der Waals surface area (Å²) in [6, 6.07) is 10.7. The van der Waals surface area contributed by atoms with Crippen molar-refractivity contribution in [3.05, 3.63) is 53.3 Å². The predicted octanol–water partition coefficient (Wildman–Crippen LogP) is 3.30. The molecule has 1 aromatic carbocycles. The Morgan fingerprint density at radius 2 is 1.97 bits per heavy atom. The van der Waals surface area contributed by atoms with Gasteiger partial charge < -0.3 is 19.9 Å². The number of nitrogens with zero attached hydrogens (tertiary/aromatic N) is 6. The average molecular weight is 502 g/mol. The summed E-state index contributed by atoms with van der Waals surface area (Å²) < 4.78 is 5.54. The number of carbonyl (C=O) groups is 1. The number of nitrogens with one attached hydrogen (secondary N) is 1. The molecule has 9 heteroatoms. The van der Waals surface area contributed by atoms with E-state index in [9.17, 15) is 4.79 Å². The molecule has 1 atom stereocenters. The van der Waals surface area contributed by atoms with Gasteiger partial charge in [-0.05, 0) is 44.4 Å². The van der Waals surface area contributed by atoms with Crippen molar-refractivity contribution in [2.45, 2.75) is 51.9 Å². The Labute approximate surface area is 217 Å². The van der Waals surface area contributed by atoms with E-state index >= 15 is 0 Å². The lowest BCUT2D eigenvalue weighted by Crippen LogP contribution is -2.45. The maximum Gasteiger partial charge on any atom is 0.273 e. The van der Waals surface area contributed by atoms with E-state index in [-0.39, 0.29) is 11.9 Å². The minimum Gasteiger partial charge on any atom is -0.379 e. The van der Waals surface area contributed by atoms with Gasteiger partial charge in [0.2, 0.25) is 5.95 Å². The summed E-state index contributed by atoms with van der Waals surface area (Å²) in [6.07, 6.45) is 4.12. The van der Waals surface area contributed by atoms with E-state index in [1.807, 2.05) is 43.1 Å². The highest BCUT2D eigenvalue weighted by atomic mass is 16.5. The van der Waals surface area contributed by atoms with Crippen molar-refractivity contribution >= 4 is 28.6 Å². The van der Waals surface area contributed by atoms with Crippen LogP contribution in [0.15, 0.2) is 36.5 Å². The molecule has 0 saturated carbocycles. The molecule has 1 amide bonds. The summed E-state index contributed by atoms with van der Waals surface area (Å²) >= 11 is 0. The minimum atomic E-state index is -0.00648. The Morgan fingerprint density at radius 3 is 2.81 bits per heavy atom. The lowest BCUT2D eigenvalue weighted by molar-refractivity contribution is 0.0354. The van der Waals surface area contributed by atoms with Crippen molar-refractivity contribution in [3.8, 4) is 0 Å². The van der Waals surface area contributed by atoms with Crippen LogP contribution in [0.25, 0.3) is 10.9 Å². The Morgan fingerprint density at radius 1 is 1.14 bits per heavy atom. The van der Waals surface area contributed by atoms with Crippen molar-refractivity contribution < 1.29 is 9.53 Å². The fourth-order valence-corrected chi connectivity index (χ4v) is 5.64. The molecule has 5 heterocycles. The largest absolute Gasteiger partial charge is 0.379 e. The van der Waals surface area contributed by atoms with Crippen LogP contribution in [0.5, 0.6) is 0 Å². The Kier molecular flexibility index (Phi) is 6.65. The molecule has 0 bridgehead atoms. The van der Waals surface area contributed by atoms with Crippen molar-refractivity contribution in [3.63, 3.8) is 0 Å². The zero-order chi connectivity index (χ0) is 25.4. The van der Waals surface area contributed by atoms with Gasteiger partial charge in [0.25, 0.3) is 5.91 Å². The fraction of sp³-hybridized carbons (Fsp3) is 0.500. The van der Waals surface area contributed by atoms with Crippen LogP contribution in [0.1, 0.15) is 48.3 Å². The first-order valence-corrected chi connectivity index (χ1v) is 13.4. The normalized spacial score (nSPS) is 20.3. The maximum absolute atomic E-state index is 13.3. The van der Waals surface area contributed by atoms with E-state index in [1.54, 1.807) is 0 Å². The molecule has 9 nitrogen and oxygen atoms in total. The van der Waals surface area contributed by atoms with Crippen LogP contribution in [0.2, 0.25) is 0 Å². The molecule has 1 unspecified atom stereocenters. The van der Waals surface area contributed by atoms with Gasteiger partial charge in [-0.1, -0.05) is 18.2 Å². The number of amides is 1. The molecule has 2 aromatic heterocycles. The highest BCUT2D eigenvalue weighted by molar-refractivity contribution is 5.98. The summed E-state index contributed by atoms with van der Waals surface area (Å²) in [7, 11) is 0. The number of anilines is 2. The van der Waals surface area contributed by atoms with E-state index in [1.165, 1.54) is 0 Å². The number of ether oxygens (including phenoxy) is 1. The number of pyridine rings is 1. The highest BCUT2D eigenvalue weighted by Gasteiger charge is 2.36. The van der Waals surface area contributed by atoms with Gasteiger partial charge in [0.1, 0.15) is 11.5 Å². The zero-order valence-corrected chi connectivity index (χ0v) is 21.7. The van der Waals surface area contributed by atoms with Gasteiger partial charge >= 0.3 is 0 Å². The third-order valence-electron chi connectivity index (χ3n) is 7.72. The summed E-state index contributed by atoms with van der Waals surface area (Å²) in [6.45, 7) is 10.6. The number of fused-ring (bicyclic) bond motifs is 2. The molecule has 37 heavy (non-hydrogen) atoms. The van der Waals surface area contributed by atoms with Crippen LogP contribution in [-0.2, 0) is 17.8 Å². The van der Waals surface area contributed by atoms with Crippen LogP contribution < -0.4 is 10.2 Å². The number of carbonyl (C=O) groups excluding carboxylic acids is 1. The Bertz CT molecular complexity index is 1290. The third kappa shape index (κ3) is 4.85. The number of rotatable bonds is 7. The van der Waals surface area contributed by atoms with Crippen molar-refractivity contribution in [2.24, 2.45) is 0 Å². The smallest absolute Gasteiger partial charge is 0.273 e. The first-order chi connectivity index (χ1) is 18.1. The van der Waals surface area contributed by atoms with Gasteiger partial charge in [-0.3, -0.25) is 14.7 Å². The van der Waals surface area contributed by atoms with E-state index < -0.39 is 0 Å². The van der Waals surface area contributed by atoms with Crippen molar-refractivity contribution in [1.82, 2.24) is 24.8 Å². The molecule has 3 aromatic rings. The maximum atomic E-state index is 13.3. The van der Waals surface area contributed by atoms with E-state index in [0.29, 0.717) is 30.8 Å². The van der Waals surface area contributed by atoms with Crippen LogP contribution in [0, 0.1) is 0 Å². The monoisotopic (exact) mass is 501 g/mol. The van der Waals surface area contributed by atoms with Gasteiger partial charge in [-0.25, -0.2) is 4.98 Å². The lowest BCUT2D eigenvalue weighted by atomic mass is 10.1. The summed E-state index contributed by atoms with van der Waals surface area (Å²) in [4.78, 5) is 34.5. The summed E-state index contributed by atoms with van der Waals surface area (Å²) in [5, 5.41) is 4.65. The predicted molar refractivity (Wildman–Crippen MR) is 144 cm³/mol. The number of benzene rings is 1. The fourth-order valence-electron chi connectivity index (χ4n) is 5.64. The number of hydrogen-bond acceptors (Lipinski definition) is 8. The molecule has 0 spiro atoms. The lowest BCUT2D eigenvalue weighted by Gasteiger charge is -2.33. The quantitative estimate of drug-likeness (QED) is 0.528. The molecule has 3 aliphatic rings. The molecular formula is C28H35N7O2. The van der Waals surface area contributed by atoms with Gasteiger partial charge in [-0.15, -0.1) is 0 Å². The molecule has 0 aliphatic carbocycles. The van der Waals surface area contributed by atoms with Gasteiger partial charge in [0.05, 0.1) is 25.3 Å². The highest BCUT2D eigenvalue weighted by Crippen LogP contribution is 2.33. The number of hydrogen-bond donors (Lipinski definition) is 1. The second kappa shape index (κ2) is 10.2. The number of aromatic nitrogens is 3.